The third-order valence-electron chi connectivity index (χ3n) is 7.93. The van der Waals surface area contributed by atoms with Crippen LogP contribution in [-0.4, -0.2) is 45.7 Å². The van der Waals surface area contributed by atoms with E-state index in [0.717, 1.165) is 58.4 Å². The van der Waals surface area contributed by atoms with E-state index in [1.54, 1.807) is 17.8 Å². The molecule has 0 N–H and O–H groups in total. The van der Waals surface area contributed by atoms with Crippen molar-refractivity contribution in [1.82, 2.24) is 9.47 Å². The Kier molecular flexibility index (Phi) is 7.89. The molecule has 37 heavy (non-hydrogen) atoms. The fourth-order valence-electron chi connectivity index (χ4n) is 5.97. The van der Waals surface area contributed by atoms with E-state index in [2.05, 4.69) is 17.6 Å². The lowest BCUT2D eigenvalue weighted by atomic mass is 9.94. The topological polar surface area (TPSA) is 63.9 Å². The summed E-state index contributed by atoms with van der Waals surface area (Å²) in [5, 5.41) is 0.912. The molecule has 3 fully saturated rings. The van der Waals surface area contributed by atoms with E-state index >= 15 is 0 Å². The van der Waals surface area contributed by atoms with Crippen molar-refractivity contribution in [2.24, 2.45) is 4.99 Å². The minimum atomic E-state index is -0.354. The zero-order valence-electron chi connectivity index (χ0n) is 22.2. The summed E-state index contributed by atoms with van der Waals surface area (Å²) in [5.74, 6) is -0.254. The molecule has 0 radical (unpaired) electrons. The van der Waals surface area contributed by atoms with Gasteiger partial charge in [-0.15, -0.1) is 0 Å². The second-order valence-corrected chi connectivity index (χ2v) is 11.5. The molecule has 1 saturated heterocycles. The van der Waals surface area contributed by atoms with Crippen LogP contribution in [0.4, 0.5) is 0 Å². The van der Waals surface area contributed by atoms with Crippen LogP contribution in [-0.2, 0) is 9.53 Å². The number of aryl methyl sites for hydroxylation is 1. The van der Waals surface area contributed by atoms with Crippen LogP contribution in [0.25, 0.3) is 11.8 Å². The van der Waals surface area contributed by atoms with E-state index in [9.17, 15) is 9.59 Å². The molecule has 7 heteroatoms. The quantitative estimate of drug-likeness (QED) is 0.321. The highest BCUT2D eigenvalue weighted by Crippen LogP contribution is 2.39. The predicted molar refractivity (Wildman–Crippen MR) is 150 cm³/mol. The van der Waals surface area contributed by atoms with Crippen LogP contribution in [0, 0.1) is 13.8 Å². The number of amidine groups is 1. The number of esters is 1. The van der Waals surface area contributed by atoms with Crippen LogP contribution in [0.15, 0.2) is 40.2 Å². The number of methoxy groups -OCH3 is 1. The summed E-state index contributed by atoms with van der Waals surface area (Å²) in [7, 11) is 1.39. The maximum Gasteiger partial charge on any atom is 0.337 e. The average molecular weight is 520 g/mol. The van der Waals surface area contributed by atoms with Crippen molar-refractivity contribution in [3.05, 3.63) is 57.8 Å². The number of aliphatic imine (C=N–C) groups is 1. The van der Waals surface area contributed by atoms with Gasteiger partial charge in [-0.05, 0) is 87.2 Å². The lowest BCUT2D eigenvalue weighted by Crippen LogP contribution is -2.41. The van der Waals surface area contributed by atoms with Crippen molar-refractivity contribution in [3.8, 4) is 5.69 Å². The van der Waals surface area contributed by atoms with Gasteiger partial charge in [0.25, 0.3) is 5.91 Å². The molecule has 5 rings (SSSR count). The van der Waals surface area contributed by atoms with Gasteiger partial charge in [0.1, 0.15) is 0 Å². The number of aromatic nitrogens is 1. The number of nitrogens with zero attached hydrogens (tertiary/aromatic N) is 3. The Balaban J connectivity index is 1.48. The number of thioether (sulfide) groups is 1. The molecule has 1 amide bonds. The predicted octanol–water partition coefficient (Wildman–Crippen LogP) is 6.82. The summed E-state index contributed by atoms with van der Waals surface area (Å²) < 4.78 is 7.03. The van der Waals surface area contributed by atoms with Crippen molar-refractivity contribution in [3.63, 3.8) is 0 Å². The number of hydrogen-bond acceptors (Lipinski definition) is 5. The second kappa shape index (κ2) is 11.3. The summed E-state index contributed by atoms with van der Waals surface area (Å²) >= 11 is 1.56. The van der Waals surface area contributed by atoms with Gasteiger partial charge in [0.15, 0.2) is 5.17 Å². The van der Waals surface area contributed by atoms with Crippen molar-refractivity contribution < 1.29 is 14.3 Å². The molecule has 2 saturated carbocycles. The highest BCUT2D eigenvalue weighted by atomic mass is 32.2. The lowest BCUT2D eigenvalue weighted by molar-refractivity contribution is -0.124. The van der Waals surface area contributed by atoms with Gasteiger partial charge in [-0.3, -0.25) is 14.7 Å². The summed E-state index contributed by atoms with van der Waals surface area (Å²) in [6.45, 7) is 4.11. The number of ether oxygens (including phenoxy) is 1. The van der Waals surface area contributed by atoms with Crippen LogP contribution >= 0.6 is 11.8 Å². The first-order valence-corrected chi connectivity index (χ1v) is 14.5. The van der Waals surface area contributed by atoms with E-state index in [1.165, 1.54) is 45.6 Å². The molecule has 2 heterocycles. The first kappa shape index (κ1) is 25.8. The largest absolute Gasteiger partial charge is 0.465 e. The van der Waals surface area contributed by atoms with Gasteiger partial charge in [0.05, 0.1) is 23.6 Å². The summed E-state index contributed by atoms with van der Waals surface area (Å²) in [5.41, 5.74) is 4.50. The first-order chi connectivity index (χ1) is 18.0. The first-order valence-electron chi connectivity index (χ1n) is 13.6. The minimum absolute atomic E-state index is 0.101. The molecule has 0 spiro atoms. The Morgan fingerprint density at radius 3 is 2.43 bits per heavy atom. The summed E-state index contributed by atoms with van der Waals surface area (Å²) in [6.07, 6.45) is 13.8. The number of carbonyl (C=O) groups is 2. The van der Waals surface area contributed by atoms with E-state index in [1.807, 2.05) is 36.1 Å². The standard InChI is InChI=1S/C30H37N3O3S/c1-20-17-23(21(2)32(20)26-16-10-11-22(18-26)29(35)36-3)19-27-28(34)33(25-14-8-5-9-15-25)30(37-27)31-24-12-6-4-7-13-24/h10-11,16-19,24-25H,4-9,12-15H2,1-3H3. The molecule has 196 valence electrons. The Bertz CT molecular complexity index is 1230. The zero-order valence-corrected chi connectivity index (χ0v) is 23.0. The van der Waals surface area contributed by atoms with Crippen LogP contribution < -0.4 is 0 Å². The van der Waals surface area contributed by atoms with E-state index < -0.39 is 0 Å². The van der Waals surface area contributed by atoms with Gasteiger partial charge >= 0.3 is 5.97 Å². The SMILES string of the molecule is COC(=O)c1cccc(-n2c(C)cc(C=C3SC(=NC4CCCCC4)N(C4CCCCC4)C3=O)c2C)c1. The van der Waals surface area contributed by atoms with Crippen LogP contribution in [0.1, 0.15) is 91.5 Å². The molecular weight excluding hydrogens is 482 g/mol. The number of rotatable bonds is 5. The monoisotopic (exact) mass is 519 g/mol. The maximum atomic E-state index is 13.8. The number of benzene rings is 1. The minimum Gasteiger partial charge on any atom is -0.465 e. The van der Waals surface area contributed by atoms with E-state index in [0.29, 0.717) is 11.6 Å². The van der Waals surface area contributed by atoms with Gasteiger partial charge in [-0.2, -0.15) is 0 Å². The highest BCUT2D eigenvalue weighted by Gasteiger charge is 2.39. The Morgan fingerprint density at radius 1 is 1.03 bits per heavy atom. The molecule has 6 nitrogen and oxygen atoms in total. The van der Waals surface area contributed by atoms with Crippen molar-refractivity contribution in [2.45, 2.75) is 90.1 Å². The Hall–Kier alpha value is -2.80. The molecule has 0 atom stereocenters. The molecule has 1 aliphatic heterocycles. The zero-order chi connectivity index (χ0) is 25.9. The molecule has 0 bridgehead atoms. The normalized spacial score (nSPS) is 21.8. The molecule has 2 aliphatic carbocycles. The van der Waals surface area contributed by atoms with Crippen LogP contribution in [0.3, 0.4) is 0 Å². The molecular formula is C30H37N3O3S. The molecule has 3 aliphatic rings. The molecule has 2 aromatic rings. The summed E-state index contributed by atoms with van der Waals surface area (Å²) in [6, 6.07) is 10.2. The van der Waals surface area contributed by atoms with Crippen molar-refractivity contribution >= 4 is 34.9 Å². The molecule has 0 unspecified atom stereocenters. The maximum absolute atomic E-state index is 13.8. The second-order valence-electron chi connectivity index (χ2n) is 10.5. The summed E-state index contributed by atoms with van der Waals surface area (Å²) in [4.78, 5) is 33.8. The lowest BCUT2D eigenvalue weighted by Gasteiger charge is -2.31. The van der Waals surface area contributed by atoms with Gasteiger partial charge in [0.2, 0.25) is 0 Å². The van der Waals surface area contributed by atoms with E-state index in [-0.39, 0.29) is 17.9 Å². The Labute approximate surface area is 224 Å². The highest BCUT2D eigenvalue weighted by molar-refractivity contribution is 8.18. The average Bonchev–Trinajstić information content (AvgIpc) is 3.38. The van der Waals surface area contributed by atoms with Crippen LogP contribution in [0.2, 0.25) is 0 Å². The van der Waals surface area contributed by atoms with Gasteiger partial charge in [-0.1, -0.05) is 44.6 Å². The molecule has 1 aromatic carbocycles. The molecule has 1 aromatic heterocycles. The van der Waals surface area contributed by atoms with Crippen molar-refractivity contribution in [2.75, 3.05) is 7.11 Å². The van der Waals surface area contributed by atoms with E-state index in [4.69, 9.17) is 9.73 Å². The fourth-order valence-corrected chi connectivity index (χ4v) is 7.07. The van der Waals surface area contributed by atoms with Crippen molar-refractivity contribution in [1.29, 1.82) is 0 Å². The number of amides is 1. The third kappa shape index (κ3) is 5.42. The van der Waals surface area contributed by atoms with Crippen LogP contribution in [0.5, 0.6) is 0 Å². The van der Waals surface area contributed by atoms with Gasteiger partial charge in [0, 0.05) is 23.1 Å². The Morgan fingerprint density at radius 2 is 1.73 bits per heavy atom. The smallest absolute Gasteiger partial charge is 0.337 e. The fraction of sp³-hybridized carbons (Fsp3) is 0.500. The number of hydrogen-bond donors (Lipinski definition) is 0. The third-order valence-corrected chi connectivity index (χ3v) is 8.92. The van der Waals surface area contributed by atoms with Gasteiger partial charge in [-0.25, -0.2) is 4.79 Å². The van der Waals surface area contributed by atoms with Gasteiger partial charge < -0.3 is 9.30 Å². The number of carbonyl (C=O) groups excluding carboxylic acids is 2.